The molecule has 0 spiro atoms. The lowest BCUT2D eigenvalue weighted by Crippen LogP contribution is -2.40. The molecule has 1 aromatic rings. The predicted octanol–water partition coefficient (Wildman–Crippen LogP) is 4.24. The number of pyridine rings is 1. The van der Waals surface area contributed by atoms with Crippen molar-refractivity contribution in [2.24, 2.45) is 0 Å². The summed E-state index contributed by atoms with van der Waals surface area (Å²) in [4.78, 5) is 16.1. The number of rotatable bonds is 5. The third-order valence-corrected chi connectivity index (χ3v) is 9.35. The van der Waals surface area contributed by atoms with E-state index in [4.69, 9.17) is 9.16 Å². The quantitative estimate of drug-likeness (QED) is 0.490. The number of ether oxygens (including phenoxy) is 1. The summed E-state index contributed by atoms with van der Waals surface area (Å²) in [6, 6.07) is 3.91. The van der Waals surface area contributed by atoms with Crippen molar-refractivity contribution in [1.82, 2.24) is 4.98 Å². The molecule has 2 heterocycles. The van der Waals surface area contributed by atoms with Gasteiger partial charge in [-0.25, -0.2) is 9.78 Å². The fourth-order valence-electron chi connectivity index (χ4n) is 2.17. The fraction of sp³-hybridized carbons (Fsp3) is 0.556. The molecule has 132 valence electrons. The Morgan fingerprint density at radius 1 is 1.42 bits per heavy atom. The van der Waals surface area contributed by atoms with Gasteiger partial charge in [-0.3, -0.25) is 0 Å². The molecule has 1 saturated heterocycles. The Bertz CT molecular complexity index is 648. The predicted molar refractivity (Wildman–Crippen MR) is 98.1 cm³/mol. The number of carbonyl (C=O) groups excluding carboxylic acids is 1. The number of anilines is 1. The zero-order chi connectivity index (χ0) is 18.0. The van der Waals surface area contributed by atoms with E-state index in [0.29, 0.717) is 25.2 Å². The van der Waals surface area contributed by atoms with E-state index in [1.165, 1.54) is 0 Å². The van der Waals surface area contributed by atoms with Crippen LogP contribution in [-0.4, -0.2) is 25.9 Å². The first-order valence-corrected chi connectivity index (χ1v) is 11.2. The summed E-state index contributed by atoms with van der Waals surface area (Å²) in [5, 5.41) is 3.42. The second kappa shape index (κ2) is 7.07. The van der Waals surface area contributed by atoms with Gasteiger partial charge in [-0.2, -0.15) is 0 Å². The van der Waals surface area contributed by atoms with Crippen LogP contribution in [0.2, 0.25) is 18.1 Å². The van der Waals surface area contributed by atoms with Crippen LogP contribution < -0.4 is 5.32 Å². The molecule has 1 N–H and O–H groups in total. The third-order valence-electron chi connectivity index (χ3n) is 4.88. The van der Waals surface area contributed by atoms with Gasteiger partial charge in [-0.1, -0.05) is 26.8 Å². The maximum Gasteiger partial charge on any atom is 0.335 e. The summed E-state index contributed by atoms with van der Waals surface area (Å²) in [6.07, 6.45) is 2.38. The van der Waals surface area contributed by atoms with E-state index in [1.54, 1.807) is 6.20 Å². The lowest BCUT2D eigenvalue weighted by Gasteiger charge is -2.36. The van der Waals surface area contributed by atoms with Gasteiger partial charge in [0, 0.05) is 23.9 Å². The normalized spacial score (nSPS) is 17.7. The standard InChI is InChI=1S/C18H28N2O3Si/c1-13(15-9-11-22-17(15)21)20-16-14(8-7-10-19-16)12-23-24(5,6)18(2,3)4/h7-8,10H,9,11-12H2,1-6H3,(H,19,20)/b15-13-. The summed E-state index contributed by atoms with van der Waals surface area (Å²) in [7, 11) is -1.83. The lowest BCUT2D eigenvalue weighted by atomic mass is 10.2. The molecule has 1 aliphatic heterocycles. The minimum absolute atomic E-state index is 0.161. The second-order valence-electron chi connectivity index (χ2n) is 7.67. The van der Waals surface area contributed by atoms with Crippen molar-refractivity contribution >= 4 is 20.1 Å². The Hall–Kier alpha value is -1.66. The van der Waals surface area contributed by atoms with Gasteiger partial charge in [-0.05, 0) is 31.1 Å². The Morgan fingerprint density at radius 3 is 2.71 bits per heavy atom. The highest BCUT2D eigenvalue weighted by Gasteiger charge is 2.37. The van der Waals surface area contributed by atoms with E-state index in [0.717, 1.165) is 17.1 Å². The van der Waals surface area contributed by atoms with Gasteiger partial charge in [0.1, 0.15) is 5.82 Å². The van der Waals surface area contributed by atoms with Crippen molar-refractivity contribution in [1.29, 1.82) is 0 Å². The smallest absolute Gasteiger partial charge is 0.335 e. The fourth-order valence-corrected chi connectivity index (χ4v) is 3.12. The molecule has 5 nitrogen and oxygen atoms in total. The van der Waals surface area contributed by atoms with Crippen molar-refractivity contribution in [3.8, 4) is 0 Å². The average molecular weight is 349 g/mol. The number of aromatic nitrogens is 1. The lowest BCUT2D eigenvalue weighted by molar-refractivity contribution is -0.135. The van der Waals surface area contributed by atoms with Crippen LogP contribution in [0.25, 0.3) is 0 Å². The Labute approximate surface area is 145 Å². The van der Waals surface area contributed by atoms with E-state index in [9.17, 15) is 4.79 Å². The molecular formula is C18H28N2O3Si. The summed E-state index contributed by atoms with van der Waals surface area (Å²) >= 11 is 0. The van der Waals surface area contributed by atoms with Crippen molar-refractivity contribution in [2.45, 2.75) is 58.9 Å². The number of cyclic esters (lactones) is 1. The molecular weight excluding hydrogens is 320 g/mol. The highest BCUT2D eigenvalue weighted by atomic mass is 28.4. The maximum atomic E-state index is 11.7. The molecule has 0 unspecified atom stereocenters. The molecule has 24 heavy (non-hydrogen) atoms. The summed E-state index contributed by atoms with van der Waals surface area (Å²) in [6.45, 7) is 14.0. The van der Waals surface area contributed by atoms with E-state index >= 15 is 0 Å². The number of hydrogen-bond donors (Lipinski definition) is 1. The maximum absolute atomic E-state index is 11.7. The molecule has 1 aromatic heterocycles. The minimum atomic E-state index is -1.83. The Morgan fingerprint density at radius 2 is 2.12 bits per heavy atom. The first kappa shape index (κ1) is 18.7. The van der Waals surface area contributed by atoms with Gasteiger partial charge in [0.2, 0.25) is 0 Å². The molecule has 0 saturated carbocycles. The summed E-state index contributed by atoms with van der Waals surface area (Å²) in [5.74, 6) is 0.496. The molecule has 0 aromatic carbocycles. The van der Waals surface area contributed by atoms with Gasteiger partial charge >= 0.3 is 5.97 Å². The first-order valence-electron chi connectivity index (χ1n) is 8.33. The number of hydrogen-bond acceptors (Lipinski definition) is 5. The zero-order valence-corrected chi connectivity index (χ0v) is 16.5. The van der Waals surface area contributed by atoms with Gasteiger partial charge in [-0.15, -0.1) is 0 Å². The van der Waals surface area contributed by atoms with Crippen molar-refractivity contribution < 1.29 is 14.0 Å². The van der Waals surface area contributed by atoms with E-state index < -0.39 is 8.32 Å². The average Bonchev–Trinajstić information content (AvgIpc) is 2.91. The van der Waals surface area contributed by atoms with Gasteiger partial charge in [0.05, 0.1) is 18.8 Å². The van der Waals surface area contributed by atoms with Crippen LogP contribution in [0.15, 0.2) is 29.6 Å². The van der Waals surface area contributed by atoms with Crippen molar-refractivity contribution in [2.75, 3.05) is 11.9 Å². The number of carbonyl (C=O) groups is 1. The second-order valence-corrected chi connectivity index (χ2v) is 12.5. The molecule has 0 bridgehead atoms. The van der Waals surface area contributed by atoms with E-state index in [1.807, 2.05) is 19.1 Å². The number of allylic oxidation sites excluding steroid dienone is 1. The van der Waals surface area contributed by atoms with Crippen LogP contribution in [0, 0.1) is 0 Å². The van der Waals surface area contributed by atoms with Crippen LogP contribution in [-0.2, 0) is 20.6 Å². The van der Waals surface area contributed by atoms with Gasteiger partial charge in [0.25, 0.3) is 0 Å². The summed E-state index contributed by atoms with van der Waals surface area (Å²) < 4.78 is 11.3. The molecule has 0 atom stereocenters. The SMILES string of the molecule is C/C(Nc1ncccc1CO[Si](C)(C)C(C)(C)C)=C1\CCOC1=O. The number of nitrogens with one attached hydrogen (secondary N) is 1. The third kappa shape index (κ3) is 4.24. The highest BCUT2D eigenvalue weighted by molar-refractivity contribution is 6.74. The van der Waals surface area contributed by atoms with Crippen LogP contribution in [0.3, 0.4) is 0 Å². The molecule has 0 radical (unpaired) electrons. The largest absolute Gasteiger partial charge is 0.462 e. The van der Waals surface area contributed by atoms with Crippen LogP contribution >= 0.6 is 0 Å². The molecule has 1 aliphatic rings. The highest BCUT2D eigenvalue weighted by Crippen LogP contribution is 2.37. The number of esters is 1. The first-order chi connectivity index (χ1) is 11.1. The van der Waals surface area contributed by atoms with Crippen LogP contribution in [0.4, 0.5) is 5.82 Å². The molecule has 2 rings (SSSR count). The molecule has 0 aliphatic carbocycles. The zero-order valence-electron chi connectivity index (χ0n) is 15.5. The van der Waals surface area contributed by atoms with Gasteiger partial charge in [0.15, 0.2) is 8.32 Å². The Balaban J connectivity index is 2.15. The van der Waals surface area contributed by atoms with E-state index in [-0.39, 0.29) is 11.0 Å². The van der Waals surface area contributed by atoms with Crippen LogP contribution in [0.5, 0.6) is 0 Å². The van der Waals surface area contributed by atoms with Crippen molar-refractivity contribution in [3.63, 3.8) is 0 Å². The monoisotopic (exact) mass is 348 g/mol. The van der Waals surface area contributed by atoms with Gasteiger partial charge < -0.3 is 14.5 Å². The van der Waals surface area contributed by atoms with E-state index in [2.05, 4.69) is 44.2 Å². The topological polar surface area (TPSA) is 60.5 Å². The number of nitrogens with zero attached hydrogens (tertiary/aromatic N) is 1. The molecule has 1 fully saturated rings. The molecule has 0 amide bonds. The van der Waals surface area contributed by atoms with Crippen molar-refractivity contribution in [3.05, 3.63) is 35.2 Å². The minimum Gasteiger partial charge on any atom is -0.462 e. The summed E-state index contributed by atoms with van der Waals surface area (Å²) in [5.41, 5.74) is 2.48. The van der Waals surface area contributed by atoms with Crippen LogP contribution in [0.1, 0.15) is 39.7 Å². The Kier molecular flexibility index (Phi) is 5.50. The molecule has 6 heteroatoms.